The molecule has 6 nitrogen and oxygen atoms in total. The van der Waals surface area contributed by atoms with Crippen LogP contribution in [0.1, 0.15) is 29.7 Å². The summed E-state index contributed by atoms with van der Waals surface area (Å²) in [7, 11) is 0. The highest BCUT2D eigenvalue weighted by atomic mass is 15.2. The second kappa shape index (κ2) is 7.64. The van der Waals surface area contributed by atoms with Crippen LogP contribution in [0.3, 0.4) is 0 Å². The van der Waals surface area contributed by atoms with Crippen LogP contribution in [0.25, 0.3) is 11.4 Å². The largest absolute Gasteiger partial charge is 0.357 e. The topological polar surface area (TPSA) is 58.0 Å². The summed E-state index contributed by atoms with van der Waals surface area (Å²) < 4.78 is 0. The fourth-order valence-electron chi connectivity index (χ4n) is 4.05. The van der Waals surface area contributed by atoms with Crippen molar-refractivity contribution >= 4 is 5.82 Å². The van der Waals surface area contributed by atoms with Crippen LogP contribution in [0.15, 0.2) is 49.1 Å². The zero-order valence-electron chi connectivity index (χ0n) is 16.0. The molecule has 1 saturated heterocycles. The number of hydrogen-bond donors (Lipinski definition) is 0. The maximum atomic E-state index is 4.80. The summed E-state index contributed by atoms with van der Waals surface area (Å²) in [5.74, 6) is 1.90. The van der Waals surface area contributed by atoms with Gasteiger partial charge in [0.1, 0.15) is 5.82 Å². The van der Waals surface area contributed by atoms with Crippen molar-refractivity contribution in [3.63, 3.8) is 0 Å². The van der Waals surface area contributed by atoms with E-state index in [0.29, 0.717) is 0 Å². The molecule has 0 atom stereocenters. The molecule has 5 rings (SSSR count). The monoisotopic (exact) mass is 372 g/mol. The highest BCUT2D eigenvalue weighted by Gasteiger charge is 2.19. The van der Waals surface area contributed by atoms with Crippen molar-refractivity contribution in [3.8, 4) is 11.4 Å². The summed E-state index contributed by atoms with van der Waals surface area (Å²) in [6.07, 6.45) is 11.1. The molecule has 2 aliphatic heterocycles. The van der Waals surface area contributed by atoms with Crippen molar-refractivity contribution in [2.45, 2.75) is 32.4 Å². The number of anilines is 1. The van der Waals surface area contributed by atoms with Gasteiger partial charge in [0.25, 0.3) is 0 Å². The Morgan fingerprint density at radius 3 is 2.54 bits per heavy atom. The van der Waals surface area contributed by atoms with Crippen LogP contribution in [0.4, 0.5) is 5.82 Å². The molecule has 2 aliphatic rings. The second-order valence-corrected chi connectivity index (χ2v) is 7.58. The van der Waals surface area contributed by atoms with Crippen molar-refractivity contribution in [2.24, 2.45) is 0 Å². The molecule has 0 bridgehead atoms. The van der Waals surface area contributed by atoms with Crippen LogP contribution in [-0.4, -0.2) is 44.5 Å². The maximum absolute atomic E-state index is 4.80. The molecule has 5 heterocycles. The molecule has 0 radical (unpaired) electrons. The predicted molar refractivity (Wildman–Crippen MR) is 109 cm³/mol. The van der Waals surface area contributed by atoms with Crippen LogP contribution >= 0.6 is 0 Å². The maximum Gasteiger partial charge on any atom is 0.159 e. The normalized spacial score (nSPS) is 16.9. The lowest BCUT2D eigenvalue weighted by Gasteiger charge is -2.28. The first kappa shape index (κ1) is 17.3. The molecule has 0 aromatic carbocycles. The van der Waals surface area contributed by atoms with Crippen LogP contribution in [-0.2, 0) is 19.5 Å². The number of hydrogen-bond acceptors (Lipinski definition) is 6. The fraction of sp³-hybridized carbons (Fsp3) is 0.364. The van der Waals surface area contributed by atoms with E-state index in [2.05, 4.69) is 36.9 Å². The van der Waals surface area contributed by atoms with E-state index < -0.39 is 0 Å². The molecule has 3 aromatic rings. The zero-order chi connectivity index (χ0) is 18.8. The lowest BCUT2D eigenvalue weighted by Crippen LogP contribution is -2.31. The first-order valence-electron chi connectivity index (χ1n) is 10.0. The van der Waals surface area contributed by atoms with Crippen LogP contribution in [0.2, 0.25) is 0 Å². The van der Waals surface area contributed by atoms with Crippen molar-refractivity contribution in [2.75, 3.05) is 24.5 Å². The average molecular weight is 372 g/mol. The van der Waals surface area contributed by atoms with E-state index in [1.54, 1.807) is 12.4 Å². The molecule has 0 saturated carbocycles. The minimum Gasteiger partial charge on any atom is -0.357 e. The summed E-state index contributed by atoms with van der Waals surface area (Å²) in [5.41, 5.74) is 4.68. The molecule has 28 heavy (non-hydrogen) atoms. The molecule has 0 unspecified atom stereocenters. The number of aromatic nitrogens is 4. The first-order chi connectivity index (χ1) is 13.8. The third-order valence-corrected chi connectivity index (χ3v) is 5.60. The number of pyridine rings is 2. The quantitative estimate of drug-likeness (QED) is 0.701. The third kappa shape index (κ3) is 3.60. The second-order valence-electron chi connectivity index (χ2n) is 7.58. The Morgan fingerprint density at radius 2 is 1.75 bits per heavy atom. The van der Waals surface area contributed by atoms with Gasteiger partial charge in [0.15, 0.2) is 5.82 Å². The number of rotatable bonds is 4. The van der Waals surface area contributed by atoms with Gasteiger partial charge >= 0.3 is 0 Å². The summed E-state index contributed by atoms with van der Waals surface area (Å²) in [5, 5.41) is 0. The van der Waals surface area contributed by atoms with Gasteiger partial charge in [0.05, 0.1) is 5.69 Å². The SMILES string of the molecule is c1cc(-c2ncc3c(n2)CCN(Cc2ccc(N4CCCC4)nc2)C3)ccn1. The Morgan fingerprint density at radius 1 is 0.893 bits per heavy atom. The van der Waals surface area contributed by atoms with Crippen molar-refractivity contribution < 1.29 is 0 Å². The zero-order valence-corrected chi connectivity index (χ0v) is 16.0. The molecule has 3 aromatic heterocycles. The van der Waals surface area contributed by atoms with Gasteiger partial charge in [-0.1, -0.05) is 6.07 Å². The van der Waals surface area contributed by atoms with Crippen molar-refractivity contribution in [1.82, 2.24) is 24.8 Å². The van der Waals surface area contributed by atoms with Gasteiger partial charge in [-0.15, -0.1) is 0 Å². The highest BCUT2D eigenvalue weighted by Crippen LogP contribution is 2.23. The lowest BCUT2D eigenvalue weighted by atomic mass is 10.1. The molecule has 142 valence electrons. The molecule has 0 N–H and O–H groups in total. The number of nitrogens with zero attached hydrogens (tertiary/aromatic N) is 6. The molecule has 0 spiro atoms. The molecule has 0 aliphatic carbocycles. The van der Waals surface area contributed by atoms with Gasteiger partial charge < -0.3 is 4.90 Å². The molecular weight excluding hydrogens is 348 g/mol. The van der Waals surface area contributed by atoms with Gasteiger partial charge in [-0.2, -0.15) is 0 Å². The minimum absolute atomic E-state index is 0.788. The van der Waals surface area contributed by atoms with E-state index in [4.69, 9.17) is 4.98 Å². The van der Waals surface area contributed by atoms with E-state index in [0.717, 1.165) is 56.4 Å². The summed E-state index contributed by atoms with van der Waals surface area (Å²) in [4.78, 5) is 22.9. The predicted octanol–water partition coefficient (Wildman–Crippen LogP) is 3.09. The summed E-state index contributed by atoms with van der Waals surface area (Å²) in [6, 6.07) is 8.30. The Labute approximate surface area is 165 Å². The molecular formula is C22H24N6. The summed E-state index contributed by atoms with van der Waals surface area (Å²) in [6.45, 7) is 5.08. The van der Waals surface area contributed by atoms with Gasteiger partial charge in [-0.25, -0.2) is 15.0 Å². The smallest absolute Gasteiger partial charge is 0.159 e. The Bertz CT molecular complexity index is 935. The van der Waals surface area contributed by atoms with Gasteiger partial charge in [-0.05, 0) is 36.6 Å². The molecule has 0 amide bonds. The van der Waals surface area contributed by atoms with Crippen LogP contribution < -0.4 is 4.90 Å². The van der Waals surface area contributed by atoms with E-state index in [1.165, 1.54) is 29.7 Å². The van der Waals surface area contributed by atoms with Crippen LogP contribution in [0, 0.1) is 0 Å². The van der Waals surface area contributed by atoms with Gasteiger partial charge in [-0.3, -0.25) is 9.88 Å². The Hall–Kier alpha value is -2.86. The van der Waals surface area contributed by atoms with Crippen LogP contribution in [0.5, 0.6) is 0 Å². The third-order valence-electron chi connectivity index (χ3n) is 5.60. The standard InChI is InChI=1S/C22H24N6/c1-2-11-28(10-1)21-4-3-17(13-24-21)15-27-12-7-20-19(16-27)14-25-22(26-20)18-5-8-23-9-6-18/h3-6,8-9,13-14H,1-2,7,10-12,15-16H2. The average Bonchev–Trinajstić information content (AvgIpc) is 3.29. The highest BCUT2D eigenvalue weighted by molar-refractivity contribution is 5.54. The van der Waals surface area contributed by atoms with E-state index in [9.17, 15) is 0 Å². The van der Waals surface area contributed by atoms with E-state index in [1.807, 2.05) is 24.5 Å². The van der Waals surface area contributed by atoms with E-state index in [-0.39, 0.29) is 0 Å². The lowest BCUT2D eigenvalue weighted by molar-refractivity contribution is 0.242. The number of fused-ring (bicyclic) bond motifs is 1. The van der Waals surface area contributed by atoms with E-state index >= 15 is 0 Å². The minimum atomic E-state index is 0.788. The summed E-state index contributed by atoms with van der Waals surface area (Å²) >= 11 is 0. The fourth-order valence-corrected chi connectivity index (χ4v) is 4.05. The van der Waals surface area contributed by atoms with Gasteiger partial charge in [0, 0.05) is 75.1 Å². The molecule has 1 fully saturated rings. The van der Waals surface area contributed by atoms with Crippen molar-refractivity contribution in [1.29, 1.82) is 0 Å². The first-order valence-corrected chi connectivity index (χ1v) is 10.0. The Balaban J connectivity index is 1.26. The van der Waals surface area contributed by atoms with Crippen molar-refractivity contribution in [3.05, 3.63) is 65.9 Å². The molecule has 6 heteroatoms. The Kier molecular flexibility index (Phi) is 4.71. The van der Waals surface area contributed by atoms with Gasteiger partial charge in [0.2, 0.25) is 0 Å².